The fourth-order valence-corrected chi connectivity index (χ4v) is 2.66. The first-order valence-corrected chi connectivity index (χ1v) is 8.17. The van der Waals surface area contributed by atoms with Gasteiger partial charge in [-0.15, -0.1) is 0 Å². The third kappa shape index (κ3) is 4.51. The lowest BCUT2D eigenvalue weighted by atomic mass is 10.1. The summed E-state index contributed by atoms with van der Waals surface area (Å²) in [5.41, 5.74) is 8.98. The van der Waals surface area contributed by atoms with Gasteiger partial charge in [0.25, 0.3) is 5.91 Å². The number of carbonyl (C=O) groups excluding carboxylic acids is 1. The minimum absolute atomic E-state index is 0.428. The van der Waals surface area contributed by atoms with Gasteiger partial charge in [0, 0.05) is 34.9 Å². The first-order chi connectivity index (χ1) is 12.6. The van der Waals surface area contributed by atoms with E-state index in [1.807, 2.05) is 41.4 Å². The number of amides is 1. The van der Waals surface area contributed by atoms with Crippen LogP contribution in [0.2, 0.25) is 0 Å². The highest BCUT2D eigenvalue weighted by Crippen LogP contribution is 2.05. The predicted octanol–water partition coefficient (Wildman–Crippen LogP) is 1.27. The lowest BCUT2D eigenvalue weighted by molar-refractivity contribution is -0.689. The number of benzene rings is 1. The van der Waals surface area contributed by atoms with Crippen LogP contribution in [-0.4, -0.2) is 17.3 Å². The van der Waals surface area contributed by atoms with E-state index in [9.17, 15) is 4.79 Å². The summed E-state index contributed by atoms with van der Waals surface area (Å²) in [4.78, 5) is 11.3. The number of nitrogens with zero attached hydrogens (tertiary/aromatic N) is 3. The second-order valence-corrected chi connectivity index (χ2v) is 5.99. The Kier molecular flexibility index (Phi) is 5.34. The molecule has 0 saturated carbocycles. The molecule has 6 nitrogen and oxygen atoms in total. The van der Waals surface area contributed by atoms with Crippen molar-refractivity contribution in [2.75, 3.05) is 0 Å². The lowest BCUT2D eigenvalue weighted by Crippen LogP contribution is -2.35. The summed E-state index contributed by atoms with van der Waals surface area (Å²) in [6.45, 7) is 1.42. The topological polar surface area (TPSA) is 83.4 Å². The van der Waals surface area contributed by atoms with E-state index in [4.69, 9.17) is 10.9 Å². The zero-order chi connectivity index (χ0) is 18.4. The van der Waals surface area contributed by atoms with Crippen molar-refractivity contribution in [2.45, 2.75) is 13.1 Å². The van der Waals surface area contributed by atoms with Crippen LogP contribution < -0.4 is 14.9 Å². The Morgan fingerprint density at radius 3 is 2.15 bits per heavy atom. The van der Waals surface area contributed by atoms with Crippen LogP contribution in [0.5, 0.6) is 0 Å². The summed E-state index contributed by atoms with van der Waals surface area (Å²) in [5, 5.41) is 11.6. The van der Waals surface area contributed by atoms with E-state index in [0.717, 1.165) is 17.7 Å². The van der Waals surface area contributed by atoms with Gasteiger partial charge in [-0.1, -0.05) is 29.4 Å². The number of rotatable bonds is 6. The number of pyridine rings is 2. The quantitative estimate of drug-likeness (QED) is 0.304. The van der Waals surface area contributed by atoms with Gasteiger partial charge in [-0.2, -0.15) is 4.57 Å². The molecular weight excluding hydrogens is 328 g/mol. The molecule has 3 rings (SSSR count). The second kappa shape index (κ2) is 8.02. The zero-order valence-corrected chi connectivity index (χ0v) is 14.2. The maximum absolute atomic E-state index is 11.3. The number of hydrogen-bond acceptors (Lipinski definition) is 3. The van der Waals surface area contributed by atoms with Gasteiger partial charge in [-0.25, -0.2) is 4.57 Å². The van der Waals surface area contributed by atoms with Crippen molar-refractivity contribution in [3.8, 4) is 0 Å². The molecule has 0 aliphatic carbocycles. The Bertz CT molecular complexity index is 919. The normalized spacial score (nSPS) is 10.9. The molecular formula is C20H20N4O2+2. The molecule has 0 saturated heterocycles. The van der Waals surface area contributed by atoms with Gasteiger partial charge >= 0.3 is 0 Å². The third-order valence-electron chi connectivity index (χ3n) is 4.02. The van der Waals surface area contributed by atoms with E-state index in [-0.39, 0.29) is 0 Å². The molecule has 0 bridgehead atoms. The maximum Gasteiger partial charge on any atom is 0.254 e. The summed E-state index contributed by atoms with van der Waals surface area (Å²) in [5.74, 6) is -0.428. The van der Waals surface area contributed by atoms with E-state index in [1.165, 1.54) is 11.8 Å². The van der Waals surface area contributed by atoms with Crippen molar-refractivity contribution in [3.63, 3.8) is 0 Å². The summed E-state index contributed by atoms with van der Waals surface area (Å²) in [6.07, 6.45) is 8.94. The van der Waals surface area contributed by atoms with Crippen LogP contribution in [0.1, 0.15) is 27.0 Å². The molecule has 0 atom stereocenters. The Balaban J connectivity index is 1.66. The van der Waals surface area contributed by atoms with Crippen molar-refractivity contribution in [1.29, 1.82) is 0 Å². The highest BCUT2D eigenvalue weighted by molar-refractivity contribution is 5.92. The predicted molar refractivity (Wildman–Crippen MR) is 95.8 cm³/mol. The van der Waals surface area contributed by atoms with Gasteiger partial charge in [0.05, 0.1) is 6.21 Å². The Morgan fingerprint density at radius 2 is 1.58 bits per heavy atom. The van der Waals surface area contributed by atoms with E-state index in [2.05, 4.69) is 34.0 Å². The molecule has 0 spiro atoms. The summed E-state index contributed by atoms with van der Waals surface area (Å²) in [6, 6.07) is 15.6. The van der Waals surface area contributed by atoms with E-state index < -0.39 is 5.91 Å². The third-order valence-corrected chi connectivity index (χ3v) is 4.02. The molecule has 0 fully saturated rings. The average molecular weight is 348 g/mol. The van der Waals surface area contributed by atoms with Gasteiger partial charge in [0.1, 0.15) is 5.56 Å². The van der Waals surface area contributed by atoms with E-state index in [0.29, 0.717) is 12.1 Å². The Hall–Kier alpha value is -3.54. The van der Waals surface area contributed by atoms with Crippen LogP contribution in [0.15, 0.2) is 78.5 Å². The monoisotopic (exact) mass is 348 g/mol. The highest BCUT2D eigenvalue weighted by Gasteiger charge is 2.09. The molecule has 1 amide bonds. The fraction of sp³-hybridized carbons (Fsp3) is 0.100. The standard InChI is InChI=1S/C20H18N4O2/c21-20(25)19-2-1-9-24(15-19)14-18-5-3-17(4-6-18)13-23-10-7-16(8-11-23)12-22-26/h1-12,15H,13-14H2,(H-,21,25)/p+2. The van der Waals surface area contributed by atoms with Crippen molar-refractivity contribution in [2.24, 2.45) is 10.9 Å². The smallest absolute Gasteiger partial charge is 0.254 e. The second-order valence-electron chi connectivity index (χ2n) is 5.99. The number of nitrogens with two attached hydrogens (primary N) is 1. The van der Waals surface area contributed by atoms with Gasteiger partial charge in [0.2, 0.25) is 0 Å². The largest absolute Gasteiger partial charge is 0.411 e. The molecule has 0 unspecified atom stereocenters. The highest BCUT2D eigenvalue weighted by atomic mass is 16.4. The molecule has 3 aromatic rings. The van der Waals surface area contributed by atoms with Gasteiger partial charge in [0.15, 0.2) is 37.9 Å². The van der Waals surface area contributed by atoms with Crippen LogP contribution in [0.3, 0.4) is 0 Å². The first-order valence-electron chi connectivity index (χ1n) is 8.17. The molecule has 0 aliphatic rings. The molecule has 2 aromatic heterocycles. The van der Waals surface area contributed by atoms with Crippen molar-refractivity contribution in [1.82, 2.24) is 0 Å². The molecule has 3 N–H and O–H groups in total. The molecule has 1 aromatic carbocycles. The summed E-state index contributed by atoms with van der Waals surface area (Å²) >= 11 is 0. The Labute approximate surface area is 151 Å². The molecule has 0 radical (unpaired) electrons. The number of hydrogen-bond donors (Lipinski definition) is 2. The molecule has 2 heterocycles. The minimum atomic E-state index is -0.428. The van der Waals surface area contributed by atoms with Crippen LogP contribution in [0, 0.1) is 0 Å². The van der Waals surface area contributed by atoms with Gasteiger partial charge in [-0.3, -0.25) is 4.79 Å². The SMILES string of the molecule is NC(=O)c1ccc[n+](Cc2ccc(C[n+]3ccc(/C=N/O)cc3)cc2)c1. The van der Waals surface area contributed by atoms with Crippen LogP contribution in [-0.2, 0) is 13.1 Å². The minimum Gasteiger partial charge on any atom is -0.411 e. The zero-order valence-electron chi connectivity index (χ0n) is 14.2. The fourth-order valence-electron chi connectivity index (χ4n) is 2.66. The average Bonchev–Trinajstić information content (AvgIpc) is 2.65. The number of primary amides is 1. The van der Waals surface area contributed by atoms with Crippen LogP contribution in [0.4, 0.5) is 0 Å². The van der Waals surface area contributed by atoms with Gasteiger partial charge in [-0.05, 0) is 6.07 Å². The van der Waals surface area contributed by atoms with Crippen molar-refractivity contribution < 1.29 is 19.1 Å². The van der Waals surface area contributed by atoms with Crippen LogP contribution >= 0.6 is 0 Å². The summed E-state index contributed by atoms with van der Waals surface area (Å²) < 4.78 is 3.99. The lowest BCUT2D eigenvalue weighted by Gasteiger charge is -2.02. The molecule has 6 heteroatoms. The number of aromatic nitrogens is 2. The summed E-state index contributed by atoms with van der Waals surface area (Å²) in [7, 11) is 0. The van der Waals surface area contributed by atoms with Crippen LogP contribution in [0.25, 0.3) is 0 Å². The Morgan fingerprint density at radius 1 is 0.962 bits per heavy atom. The molecule has 130 valence electrons. The molecule has 0 aliphatic heterocycles. The number of carbonyl (C=O) groups is 1. The van der Waals surface area contributed by atoms with Crippen molar-refractivity contribution >= 4 is 12.1 Å². The molecule has 26 heavy (non-hydrogen) atoms. The van der Waals surface area contributed by atoms with E-state index >= 15 is 0 Å². The first kappa shape index (κ1) is 17.3. The van der Waals surface area contributed by atoms with Crippen molar-refractivity contribution in [3.05, 3.63) is 95.6 Å². The number of oxime groups is 1. The van der Waals surface area contributed by atoms with Gasteiger partial charge < -0.3 is 10.9 Å². The maximum atomic E-state index is 11.3. The van der Waals surface area contributed by atoms with E-state index in [1.54, 1.807) is 12.3 Å².